The van der Waals surface area contributed by atoms with E-state index in [2.05, 4.69) is 15.3 Å². The van der Waals surface area contributed by atoms with Gasteiger partial charge in [-0.25, -0.2) is 9.98 Å². The molecule has 1 aromatic heterocycles. The van der Waals surface area contributed by atoms with Gasteiger partial charge in [-0.2, -0.15) is 0 Å². The topological polar surface area (TPSA) is 54.4 Å². The molecule has 1 fully saturated rings. The van der Waals surface area contributed by atoms with Crippen LogP contribution in [0.15, 0.2) is 51.8 Å². The number of para-hydroxylation sites is 1. The van der Waals surface area contributed by atoms with Crippen molar-refractivity contribution in [3.8, 4) is 0 Å². The Morgan fingerprint density at radius 2 is 1.96 bits per heavy atom. The van der Waals surface area contributed by atoms with E-state index in [0.29, 0.717) is 25.8 Å². The van der Waals surface area contributed by atoms with Gasteiger partial charge in [0, 0.05) is 0 Å². The van der Waals surface area contributed by atoms with E-state index in [1.807, 2.05) is 24.3 Å². The fourth-order valence-corrected chi connectivity index (χ4v) is 4.33. The number of carbonyl (C=O) groups is 1. The van der Waals surface area contributed by atoms with Crippen LogP contribution in [0.4, 0.5) is 5.69 Å². The number of nitrogens with one attached hydrogen (secondary N) is 1. The summed E-state index contributed by atoms with van der Waals surface area (Å²) < 4.78 is 1.08. The minimum atomic E-state index is -0.198. The Morgan fingerprint density at radius 3 is 2.76 bits per heavy atom. The normalized spacial score (nSPS) is 17.6. The summed E-state index contributed by atoms with van der Waals surface area (Å²) >= 11 is 15.1. The van der Waals surface area contributed by atoms with Crippen molar-refractivity contribution in [3.63, 3.8) is 0 Å². The van der Waals surface area contributed by atoms with Crippen molar-refractivity contribution in [3.05, 3.63) is 62.4 Å². The molecule has 0 aliphatic carbocycles. The number of aliphatic imine (C=N–C) groups is 1. The van der Waals surface area contributed by atoms with Gasteiger partial charge in [-0.15, -0.1) is 11.3 Å². The molecule has 2 heterocycles. The number of thioether (sulfide) groups is 1. The molecule has 0 radical (unpaired) electrons. The Bertz CT molecular complexity index is 1040. The number of fused-ring (bicyclic) bond motifs is 1. The zero-order valence-electron chi connectivity index (χ0n) is 12.5. The summed E-state index contributed by atoms with van der Waals surface area (Å²) in [5.74, 6) is -0.198. The van der Waals surface area contributed by atoms with Gasteiger partial charge in [0.15, 0.2) is 5.17 Å². The minimum Gasteiger partial charge on any atom is -0.300 e. The molecule has 0 unspecified atom stereocenters. The molecule has 25 heavy (non-hydrogen) atoms. The number of thiazole rings is 1. The van der Waals surface area contributed by atoms with Crippen molar-refractivity contribution in [1.29, 1.82) is 0 Å². The molecular weight excluding hydrogens is 397 g/mol. The van der Waals surface area contributed by atoms with Crippen LogP contribution in [-0.2, 0) is 4.79 Å². The van der Waals surface area contributed by atoms with Crippen LogP contribution in [0.25, 0.3) is 16.3 Å². The lowest BCUT2D eigenvalue weighted by molar-refractivity contribution is -0.115. The van der Waals surface area contributed by atoms with E-state index >= 15 is 0 Å². The maximum absolute atomic E-state index is 12.2. The van der Waals surface area contributed by atoms with E-state index in [9.17, 15) is 4.79 Å². The summed E-state index contributed by atoms with van der Waals surface area (Å²) in [5.41, 5.74) is 4.13. The van der Waals surface area contributed by atoms with E-state index in [4.69, 9.17) is 23.2 Å². The number of benzene rings is 2. The second kappa shape index (κ2) is 6.80. The Labute approximate surface area is 161 Å². The molecule has 0 saturated carbocycles. The summed E-state index contributed by atoms with van der Waals surface area (Å²) in [6.45, 7) is 0. The number of aromatic nitrogens is 1. The maximum atomic E-state index is 12.2. The van der Waals surface area contributed by atoms with Crippen LogP contribution >= 0.6 is 46.3 Å². The smallest absolute Gasteiger partial charge is 0.264 e. The lowest BCUT2D eigenvalue weighted by Crippen LogP contribution is -2.19. The van der Waals surface area contributed by atoms with Gasteiger partial charge in [-0.05, 0) is 47.7 Å². The first-order chi connectivity index (χ1) is 12.1. The highest BCUT2D eigenvalue weighted by molar-refractivity contribution is 8.18. The molecule has 4 nitrogen and oxygen atoms in total. The molecule has 0 atom stereocenters. The number of carbonyl (C=O) groups excluding carboxylic acids is 1. The van der Waals surface area contributed by atoms with Crippen molar-refractivity contribution < 1.29 is 4.79 Å². The third kappa shape index (κ3) is 3.43. The van der Waals surface area contributed by atoms with E-state index < -0.39 is 0 Å². The highest BCUT2D eigenvalue weighted by Gasteiger charge is 2.24. The van der Waals surface area contributed by atoms with Gasteiger partial charge in [0.25, 0.3) is 5.91 Å². The molecule has 1 saturated heterocycles. The highest BCUT2D eigenvalue weighted by Crippen LogP contribution is 2.35. The number of halogens is 2. The van der Waals surface area contributed by atoms with Crippen molar-refractivity contribution in [2.24, 2.45) is 4.99 Å². The average Bonchev–Trinajstić information content (AvgIpc) is 3.18. The molecular formula is C17H9Cl2N3OS2. The third-order valence-corrected chi connectivity index (χ3v) is 5.77. The van der Waals surface area contributed by atoms with Gasteiger partial charge in [0.05, 0.1) is 30.7 Å². The summed E-state index contributed by atoms with van der Waals surface area (Å²) in [6.07, 6.45) is 1.83. The van der Waals surface area contributed by atoms with Crippen LogP contribution in [0.5, 0.6) is 0 Å². The zero-order chi connectivity index (χ0) is 17.4. The summed E-state index contributed by atoms with van der Waals surface area (Å²) in [6, 6.07) is 11.0. The first-order valence-electron chi connectivity index (χ1n) is 7.17. The lowest BCUT2D eigenvalue weighted by Gasteiger charge is -2.01. The number of hydrogen-bond donors (Lipinski definition) is 1. The number of rotatable bonds is 2. The van der Waals surface area contributed by atoms with Gasteiger partial charge in [-0.1, -0.05) is 35.3 Å². The molecule has 124 valence electrons. The summed E-state index contributed by atoms with van der Waals surface area (Å²) in [5, 5.41) is 4.05. The van der Waals surface area contributed by atoms with E-state index in [1.54, 1.807) is 35.0 Å². The summed E-state index contributed by atoms with van der Waals surface area (Å²) in [7, 11) is 0. The lowest BCUT2D eigenvalue weighted by atomic mass is 10.2. The average molecular weight is 406 g/mol. The Kier molecular flexibility index (Phi) is 4.52. The zero-order valence-corrected chi connectivity index (χ0v) is 15.6. The van der Waals surface area contributed by atoms with Crippen molar-refractivity contribution in [2.75, 3.05) is 0 Å². The van der Waals surface area contributed by atoms with Crippen LogP contribution in [0, 0.1) is 0 Å². The van der Waals surface area contributed by atoms with Crippen LogP contribution < -0.4 is 5.32 Å². The second-order valence-electron chi connectivity index (χ2n) is 5.13. The quantitative estimate of drug-likeness (QED) is 0.573. The third-order valence-electron chi connectivity index (χ3n) is 3.45. The van der Waals surface area contributed by atoms with Crippen molar-refractivity contribution in [2.45, 2.75) is 0 Å². The van der Waals surface area contributed by atoms with Crippen LogP contribution in [0.2, 0.25) is 10.0 Å². The Morgan fingerprint density at radius 1 is 1.16 bits per heavy atom. The monoisotopic (exact) mass is 405 g/mol. The molecule has 0 spiro atoms. The van der Waals surface area contributed by atoms with Crippen molar-refractivity contribution in [1.82, 2.24) is 10.3 Å². The van der Waals surface area contributed by atoms with Crippen LogP contribution in [0.1, 0.15) is 5.56 Å². The first-order valence-corrected chi connectivity index (χ1v) is 9.62. The van der Waals surface area contributed by atoms with Crippen LogP contribution in [0.3, 0.4) is 0 Å². The second-order valence-corrected chi connectivity index (χ2v) is 7.86. The molecule has 1 aliphatic heterocycles. The van der Waals surface area contributed by atoms with E-state index in [1.165, 1.54) is 11.8 Å². The van der Waals surface area contributed by atoms with Gasteiger partial charge >= 0.3 is 0 Å². The highest BCUT2D eigenvalue weighted by atomic mass is 35.5. The van der Waals surface area contributed by atoms with Gasteiger partial charge in [-0.3, -0.25) is 4.79 Å². The predicted octanol–water partition coefficient (Wildman–Crippen LogP) is 5.49. The van der Waals surface area contributed by atoms with Crippen LogP contribution in [-0.4, -0.2) is 16.1 Å². The molecule has 1 amide bonds. The molecule has 8 heteroatoms. The first kappa shape index (κ1) is 16.6. The SMILES string of the molecule is O=C1NC(=Nc2c(Cl)cccc2Cl)S/C1=C\c1ccc2ncsc2c1. The molecule has 0 bridgehead atoms. The standard InChI is InChI=1S/C17H9Cl2N3OS2/c18-10-2-1-3-11(19)15(10)21-17-22-16(23)14(25-17)7-9-4-5-12-13(6-9)24-8-20-12/h1-8H,(H,21,22,23)/b14-7-. The molecule has 2 aromatic carbocycles. The van der Waals surface area contributed by atoms with E-state index in [-0.39, 0.29) is 5.91 Å². The summed E-state index contributed by atoms with van der Waals surface area (Å²) in [4.78, 5) is 21.4. The number of hydrogen-bond acceptors (Lipinski definition) is 5. The molecule has 1 aliphatic rings. The molecule has 4 rings (SSSR count). The molecule has 3 aromatic rings. The Balaban J connectivity index is 1.64. The fraction of sp³-hybridized carbons (Fsp3) is 0. The minimum absolute atomic E-state index is 0.198. The number of amidine groups is 1. The van der Waals surface area contributed by atoms with Crippen molar-refractivity contribution >= 4 is 79.4 Å². The van der Waals surface area contributed by atoms with Gasteiger partial charge < -0.3 is 5.32 Å². The maximum Gasteiger partial charge on any atom is 0.264 e. The largest absolute Gasteiger partial charge is 0.300 e. The van der Waals surface area contributed by atoms with E-state index in [0.717, 1.165) is 15.8 Å². The van der Waals surface area contributed by atoms with Gasteiger partial charge in [0.1, 0.15) is 5.69 Å². The molecule has 1 N–H and O–H groups in total. The number of nitrogens with zero attached hydrogens (tertiary/aromatic N) is 2. The predicted molar refractivity (Wildman–Crippen MR) is 107 cm³/mol. The Hall–Kier alpha value is -1.86. The fourth-order valence-electron chi connectivity index (χ4n) is 2.29. The van der Waals surface area contributed by atoms with Gasteiger partial charge in [0.2, 0.25) is 0 Å². The number of amides is 1.